The second-order valence-electron chi connectivity index (χ2n) is 7.72. The molecule has 2 amide bonds. The first-order chi connectivity index (χ1) is 14.3. The van der Waals surface area contributed by atoms with E-state index in [0.29, 0.717) is 34.9 Å². The highest BCUT2D eigenvalue weighted by atomic mass is 35.5. The molecule has 7 heteroatoms. The summed E-state index contributed by atoms with van der Waals surface area (Å²) in [7, 11) is 0. The van der Waals surface area contributed by atoms with Gasteiger partial charge in [-0.2, -0.15) is 0 Å². The van der Waals surface area contributed by atoms with Gasteiger partial charge in [-0.1, -0.05) is 35.9 Å². The predicted octanol–water partition coefficient (Wildman–Crippen LogP) is 3.87. The highest BCUT2D eigenvalue weighted by Crippen LogP contribution is 2.34. The number of imide groups is 1. The molecule has 2 heterocycles. The number of benzene rings is 2. The van der Waals surface area contributed by atoms with Crippen LogP contribution in [-0.2, 0) is 20.9 Å². The summed E-state index contributed by atoms with van der Waals surface area (Å²) < 4.78 is 19.3. The quantitative estimate of drug-likeness (QED) is 0.694. The van der Waals surface area contributed by atoms with Crippen LogP contribution in [0.1, 0.15) is 25.0 Å². The van der Waals surface area contributed by atoms with Crippen molar-refractivity contribution < 1.29 is 18.7 Å². The molecule has 2 aromatic rings. The minimum absolute atomic E-state index is 0.0797. The fraction of sp³-hybridized carbons (Fsp3) is 0.304. The van der Waals surface area contributed by atoms with Gasteiger partial charge in [0.05, 0.1) is 24.3 Å². The molecule has 0 spiro atoms. The summed E-state index contributed by atoms with van der Waals surface area (Å²) >= 11 is 5.95. The summed E-state index contributed by atoms with van der Waals surface area (Å²) in [4.78, 5) is 29.9. The first-order valence-electron chi connectivity index (χ1n) is 9.84. The van der Waals surface area contributed by atoms with Crippen LogP contribution in [0.4, 0.5) is 4.39 Å². The predicted molar refractivity (Wildman–Crippen MR) is 112 cm³/mol. The first kappa shape index (κ1) is 20.6. The van der Waals surface area contributed by atoms with Crippen molar-refractivity contribution in [3.05, 3.63) is 76.2 Å². The molecule has 156 valence electrons. The van der Waals surface area contributed by atoms with Gasteiger partial charge < -0.3 is 9.64 Å². The van der Waals surface area contributed by atoms with E-state index in [1.54, 1.807) is 24.3 Å². The second kappa shape index (κ2) is 8.20. The molecule has 2 unspecified atom stereocenters. The lowest BCUT2D eigenvalue weighted by Gasteiger charge is -2.37. The minimum Gasteiger partial charge on any atom is -0.372 e. The van der Waals surface area contributed by atoms with Crippen LogP contribution in [0.25, 0.3) is 5.57 Å². The smallest absolute Gasteiger partial charge is 0.278 e. The van der Waals surface area contributed by atoms with Crippen LogP contribution in [0.2, 0.25) is 5.02 Å². The first-order valence-corrected chi connectivity index (χ1v) is 10.2. The van der Waals surface area contributed by atoms with Crippen LogP contribution >= 0.6 is 11.6 Å². The molecule has 30 heavy (non-hydrogen) atoms. The summed E-state index contributed by atoms with van der Waals surface area (Å²) in [5.41, 5.74) is 1.97. The van der Waals surface area contributed by atoms with Crippen molar-refractivity contribution in [2.75, 3.05) is 13.1 Å². The van der Waals surface area contributed by atoms with Crippen molar-refractivity contribution in [2.45, 2.75) is 32.6 Å². The van der Waals surface area contributed by atoms with Crippen molar-refractivity contribution in [3.63, 3.8) is 0 Å². The Morgan fingerprint density at radius 1 is 0.967 bits per heavy atom. The van der Waals surface area contributed by atoms with E-state index in [1.807, 2.05) is 18.7 Å². The van der Waals surface area contributed by atoms with Gasteiger partial charge in [0.2, 0.25) is 0 Å². The number of amides is 2. The standard InChI is InChI=1S/C23H22ClFN2O3/c1-14-11-26(12-15(2)30-14)21-20(17-5-9-19(25)10-6-17)22(28)27(23(21)29)13-16-3-7-18(24)8-4-16/h3-10,14-15H,11-13H2,1-2H3. The third-order valence-corrected chi connectivity index (χ3v) is 5.52. The molecule has 0 bridgehead atoms. The number of ether oxygens (including phenoxy) is 1. The number of halogens is 2. The van der Waals surface area contributed by atoms with Crippen molar-refractivity contribution in [1.82, 2.24) is 9.80 Å². The maximum absolute atomic E-state index is 13.5. The fourth-order valence-electron chi connectivity index (χ4n) is 4.01. The number of rotatable bonds is 4. The molecule has 1 fully saturated rings. The summed E-state index contributed by atoms with van der Waals surface area (Å²) in [6.07, 6.45) is -0.159. The lowest BCUT2D eigenvalue weighted by Crippen LogP contribution is -2.46. The Morgan fingerprint density at radius 2 is 1.57 bits per heavy atom. The number of carbonyl (C=O) groups is 2. The van der Waals surface area contributed by atoms with Crippen LogP contribution in [0, 0.1) is 5.82 Å². The normalized spacial score (nSPS) is 22.3. The zero-order valence-electron chi connectivity index (χ0n) is 16.8. The molecule has 2 atom stereocenters. The molecule has 4 rings (SSSR count). The molecule has 2 aliphatic heterocycles. The molecule has 0 N–H and O–H groups in total. The van der Waals surface area contributed by atoms with Crippen LogP contribution < -0.4 is 0 Å². The largest absolute Gasteiger partial charge is 0.372 e. The van der Waals surface area contributed by atoms with Gasteiger partial charge in [0.1, 0.15) is 11.5 Å². The minimum atomic E-state index is -0.399. The van der Waals surface area contributed by atoms with E-state index in [9.17, 15) is 14.0 Å². The van der Waals surface area contributed by atoms with Gasteiger partial charge in [-0.3, -0.25) is 14.5 Å². The molecule has 1 saturated heterocycles. The Morgan fingerprint density at radius 3 is 2.17 bits per heavy atom. The van der Waals surface area contributed by atoms with E-state index in [2.05, 4.69) is 0 Å². The molecule has 0 saturated carbocycles. The average molecular weight is 429 g/mol. The van der Waals surface area contributed by atoms with Crippen LogP contribution in [0.5, 0.6) is 0 Å². The SMILES string of the molecule is CC1CN(C2=C(c3ccc(F)cc3)C(=O)N(Cc3ccc(Cl)cc3)C2=O)CC(C)O1. The van der Waals surface area contributed by atoms with Gasteiger partial charge in [-0.05, 0) is 49.2 Å². The molecular formula is C23H22ClFN2O3. The number of nitrogens with zero attached hydrogens (tertiary/aromatic N) is 2. The zero-order chi connectivity index (χ0) is 21.4. The summed E-state index contributed by atoms with van der Waals surface area (Å²) in [6.45, 7) is 5.01. The monoisotopic (exact) mass is 428 g/mol. The Balaban J connectivity index is 1.74. The van der Waals surface area contributed by atoms with Gasteiger partial charge in [-0.15, -0.1) is 0 Å². The third kappa shape index (κ3) is 3.98. The van der Waals surface area contributed by atoms with E-state index in [1.165, 1.54) is 29.2 Å². The maximum Gasteiger partial charge on any atom is 0.278 e. The average Bonchev–Trinajstić information content (AvgIpc) is 2.94. The highest BCUT2D eigenvalue weighted by Gasteiger charge is 2.43. The summed E-state index contributed by atoms with van der Waals surface area (Å²) in [5, 5.41) is 0.583. The number of morpholine rings is 1. The van der Waals surface area contributed by atoms with Crippen molar-refractivity contribution in [2.24, 2.45) is 0 Å². The van der Waals surface area contributed by atoms with Crippen molar-refractivity contribution in [1.29, 1.82) is 0 Å². The zero-order valence-corrected chi connectivity index (χ0v) is 17.5. The number of hydrogen-bond acceptors (Lipinski definition) is 4. The van der Waals surface area contributed by atoms with Gasteiger partial charge in [0.15, 0.2) is 0 Å². The van der Waals surface area contributed by atoms with Gasteiger partial charge in [0.25, 0.3) is 11.8 Å². The van der Waals surface area contributed by atoms with Crippen molar-refractivity contribution >= 4 is 29.0 Å². The van der Waals surface area contributed by atoms with E-state index in [0.717, 1.165) is 5.56 Å². The molecular weight excluding hydrogens is 407 g/mol. The van der Waals surface area contributed by atoms with E-state index in [-0.39, 0.29) is 30.6 Å². The van der Waals surface area contributed by atoms with Gasteiger partial charge in [0, 0.05) is 18.1 Å². The van der Waals surface area contributed by atoms with E-state index in [4.69, 9.17) is 16.3 Å². The molecule has 0 radical (unpaired) electrons. The number of carbonyl (C=O) groups excluding carboxylic acids is 2. The van der Waals surface area contributed by atoms with Gasteiger partial charge in [-0.25, -0.2) is 4.39 Å². The van der Waals surface area contributed by atoms with E-state index >= 15 is 0 Å². The lowest BCUT2D eigenvalue weighted by molar-refractivity contribution is -0.139. The molecule has 0 aliphatic carbocycles. The third-order valence-electron chi connectivity index (χ3n) is 5.27. The molecule has 5 nitrogen and oxygen atoms in total. The Kier molecular flexibility index (Phi) is 5.62. The van der Waals surface area contributed by atoms with Crippen molar-refractivity contribution in [3.8, 4) is 0 Å². The topological polar surface area (TPSA) is 49.9 Å². The Hall–Kier alpha value is -2.70. The lowest BCUT2D eigenvalue weighted by atomic mass is 10.0. The Bertz CT molecular complexity index is 994. The van der Waals surface area contributed by atoms with E-state index < -0.39 is 5.82 Å². The summed E-state index contributed by atoms with van der Waals surface area (Å²) in [6, 6.07) is 12.7. The second-order valence-corrected chi connectivity index (χ2v) is 8.15. The highest BCUT2D eigenvalue weighted by molar-refractivity contribution is 6.35. The summed E-state index contributed by atoms with van der Waals surface area (Å²) in [5.74, 6) is -1.14. The maximum atomic E-state index is 13.5. The van der Waals surface area contributed by atoms with Crippen LogP contribution in [-0.4, -0.2) is 46.9 Å². The molecule has 2 aliphatic rings. The molecule has 2 aromatic carbocycles. The van der Waals surface area contributed by atoms with Crippen LogP contribution in [0.3, 0.4) is 0 Å². The van der Waals surface area contributed by atoms with Gasteiger partial charge >= 0.3 is 0 Å². The number of hydrogen-bond donors (Lipinski definition) is 0. The Labute approximate surface area is 179 Å². The molecule has 0 aromatic heterocycles. The fourth-order valence-corrected chi connectivity index (χ4v) is 4.14. The van der Waals surface area contributed by atoms with Crippen LogP contribution in [0.15, 0.2) is 54.2 Å².